The molecule has 2 heterocycles. The van der Waals surface area contributed by atoms with Crippen LogP contribution < -0.4 is 14.4 Å². The fourth-order valence-electron chi connectivity index (χ4n) is 2.95. The van der Waals surface area contributed by atoms with Crippen LogP contribution in [0.4, 0.5) is 5.82 Å². The SMILES string of the molecule is CCOc1cc(N2C[C@H](O)C[C@@H]2c2cccc(OC)c2)ncn1. The summed E-state index contributed by atoms with van der Waals surface area (Å²) in [5.74, 6) is 2.11. The molecule has 0 amide bonds. The molecule has 0 unspecified atom stereocenters. The van der Waals surface area contributed by atoms with Crippen molar-refractivity contribution in [2.45, 2.75) is 25.5 Å². The fourth-order valence-corrected chi connectivity index (χ4v) is 2.95. The average Bonchev–Trinajstić information content (AvgIpc) is 2.97. The van der Waals surface area contributed by atoms with E-state index in [0.29, 0.717) is 25.5 Å². The Morgan fingerprint density at radius 1 is 1.30 bits per heavy atom. The molecule has 3 rings (SSSR count). The van der Waals surface area contributed by atoms with E-state index in [9.17, 15) is 5.11 Å². The van der Waals surface area contributed by atoms with Crippen molar-refractivity contribution in [2.24, 2.45) is 0 Å². The molecule has 2 atom stereocenters. The molecule has 2 aromatic rings. The Kier molecular flexibility index (Phi) is 4.62. The van der Waals surface area contributed by atoms with Crippen molar-refractivity contribution in [2.75, 3.05) is 25.2 Å². The lowest BCUT2D eigenvalue weighted by Crippen LogP contribution is -2.25. The molecule has 23 heavy (non-hydrogen) atoms. The van der Waals surface area contributed by atoms with Crippen LogP contribution in [0.2, 0.25) is 0 Å². The smallest absolute Gasteiger partial charge is 0.218 e. The maximum absolute atomic E-state index is 10.1. The van der Waals surface area contributed by atoms with Crippen LogP contribution in [0, 0.1) is 0 Å². The Balaban J connectivity index is 1.91. The van der Waals surface area contributed by atoms with Crippen molar-refractivity contribution in [3.8, 4) is 11.6 Å². The van der Waals surface area contributed by atoms with Gasteiger partial charge < -0.3 is 19.5 Å². The molecular weight excluding hydrogens is 294 g/mol. The number of hydrogen-bond acceptors (Lipinski definition) is 6. The minimum Gasteiger partial charge on any atom is -0.497 e. The summed E-state index contributed by atoms with van der Waals surface area (Å²) < 4.78 is 10.8. The van der Waals surface area contributed by atoms with Crippen molar-refractivity contribution in [3.05, 3.63) is 42.2 Å². The summed E-state index contributed by atoms with van der Waals surface area (Å²) in [5, 5.41) is 10.1. The molecule has 1 saturated heterocycles. The zero-order chi connectivity index (χ0) is 16.2. The molecule has 0 spiro atoms. The van der Waals surface area contributed by atoms with Gasteiger partial charge in [0.15, 0.2) is 0 Å². The second kappa shape index (κ2) is 6.83. The Morgan fingerprint density at radius 3 is 2.96 bits per heavy atom. The molecule has 122 valence electrons. The van der Waals surface area contributed by atoms with Gasteiger partial charge in [0.1, 0.15) is 17.9 Å². The highest BCUT2D eigenvalue weighted by Crippen LogP contribution is 2.37. The van der Waals surface area contributed by atoms with Gasteiger partial charge in [-0.25, -0.2) is 9.97 Å². The van der Waals surface area contributed by atoms with E-state index in [2.05, 4.69) is 14.9 Å². The van der Waals surface area contributed by atoms with Crippen LogP contribution in [0.25, 0.3) is 0 Å². The molecule has 1 fully saturated rings. The largest absolute Gasteiger partial charge is 0.497 e. The summed E-state index contributed by atoms with van der Waals surface area (Å²) in [4.78, 5) is 10.5. The van der Waals surface area contributed by atoms with Crippen molar-refractivity contribution < 1.29 is 14.6 Å². The second-order valence-electron chi connectivity index (χ2n) is 5.48. The van der Waals surface area contributed by atoms with Crippen LogP contribution in [0.3, 0.4) is 0 Å². The number of β-amino-alcohol motifs (C(OH)–C–C–N with tert-alkyl or cyclic N) is 1. The van der Waals surface area contributed by atoms with Gasteiger partial charge >= 0.3 is 0 Å². The number of ether oxygens (including phenoxy) is 2. The van der Waals surface area contributed by atoms with E-state index in [1.807, 2.05) is 37.3 Å². The number of aliphatic hydroxyl groups is 1. The summed E-state index contributed by atoms with van der Waals surface area (Å²) in [6.07, 6.45) is 1.76. The fraction of sp³-hybridized carbons (Fsp3) is 0.412. The van der Waals surface area contributed by atoms with Crippen LogP contribution in [0.5, 0.6) is 11.6 Å². The monoisotopic (exact) mass is 315 g/mol. The zero-order valence-corrected chi connectivity index (χ0v) is 13.3. The Bertz CT molecular complexity index is 665. The highest BCUT2D eigenvalue weighted by atomic mass is 16.5. The van der Waals surface area contributed by atoms with Gasteiger partial charge in [-0.2, -0.15) is 0 Å². The molecule has 1 aliphatic heterocycles. The number of aromatic nitrogens is 2. The first kappa shape index (κ1) is 15.6. The van der Waals surface area contributed by atoms with Crippen LogP contribution in [-0.2, 0) is 0 Å². The average molecular weight is 315 g/mol. The van der Waals surface area contributed by atoms with Crippen LogP contribution in [0.1, 0.15) is 24.9 Å². The lowest BCUT2D eigenvalue weighted by Gasteiger charge is -2.26. The Morgan fingerprint density at radius 2 is 2.17 bits per heavy atom. The highest BCUT2D eigenvalue weighted by Gasteiger charge is 2.33. The maximum atomic E-state index is 10.1. The molecule has 0 radical (unpaired) electrons. The van der Waals surface area contributed by atoms with E-state index >= 15 is 0 Å². The van der Waals surface area contributed by atoms with Crippen molar-refractivity contribution in [1.82, 2.24) is 9.97 Å². The quantitative estimate of drug-likeness (QED) is 0.912. The van der Waals surface area contributed by atoms with E-state index < -0.39 is 6.10 Å². The van der Waals surface area contributed by atoms with E-state index in [0.717, 1.165) is 17.1 Å². The first-order valence-corrected chi connectivity index (χ1v) is 7.74. The van der Waals surface area contributed by atoms with Gasteiger partial charge in [-0.3, -0.25) is 0 Å². The molecular formula is C17H21N3O3. The predicted octanol–water partition coefficient (Wildman–Crippen LogP) is 2.20. The minimum absolute atomic E-state index is 0.0458. The van der Waals surface area contributed by atoms with Gasteiger partial charge in [0.25, 0.3) is 0 Å². The first-order chi connectivity index (χ1) is 11.2. The molecule has 0 bridgehead atoms. The third-order valence-electron chi connectivity index (χ3n) is 3.97. The number of benzene rings is 1. The lowest BCUT2D eigenvalue weighted by atomic mass is 10.0. The third kappa shape index (κ3) is 3.37. The Hall–Kier alpha value is -2.34. The topological polar surface area (TPSA) is 67.7 Å². The van der Waals surface area contributed by atoms with Crippen LogP contribution in [-0.4, -0.2) is 41.4 Å². The van der Waals surface area contributed by atoms with Crippen molar-refractivity contribution in [1.29, 1.82) is 0 Å². The second-order valence-corrected chi connectivity index (χ2v) is 5.48. The molecule has 1 N–H and O–H groups in total. The van der Waals surface area contributed by atoms with Gasteiger partial charge in [0.2, 0.25) is 5.88 Å². The van der Waals surface area contributed by atoms with Crippen molar-refractivity contribution in [3.63, 3.8) is 0 Å². The number of nitrogens with zero attached hydrogens (tertiary/aromatic N) is 3. The summed E-state index contributed by atoms with van der Waals surface area (Å²) in [5.41, 5.74) is 1.09. The molecule has 1 aromatic heterocycles. The number of rotatable bonds is 5. The summed E-state index contributed by atoms with van der Waals surface area (Å²) in [6, 6.07) is 9.78. The third-order valence-corrected chi connectivity index (χ3v) is 3.97. The van der Waals surface area contributed by atoms with Gasteiger partial charge in [-0.05, 0) is 31.0 Å². The Labute approximate surface area is 135 Å². The van der Waals surface area contributed by atoms with Gasteiger partial charge in [-0.1, -0.05) is 12.1 Å². The molecule has 0 saturated carbocycles. The van der Waals surface area contributed by atoms with Crippen molar-refractivity contribution >= 4 is 5.82 Å². The summed E-state index contributed by atoms with van der Waals surface area (Å²) >= 11 is 0. The molecule has 6 nitrogen and oxygen atoms in total. The lowest BCUT2D eigenvalue weighted by molar-refractivity contribution is 0.194. The number of methoxy groups -OCH3 is 1. The standard InChI is InChI=1S/C17H21N3O3/c1-3-23-17-9-16(18-11-19-17)20-10-13(21)8-15(20)12-5-4-6-14(7-12)22-2/h4-7,9,11,13,15,21H,3,8,10H2,1-2H3/t13-,15-/m1/s1. The molecule has 1 aliphatic rings. The van der Waals surface area contributed by atoms with Crippen LogP contribution in [0.15, 0.2) is 36.7 Å². The predicted molar refractivity (Wildman–Crippen MR) is 86.9 cm³/mol. The van der Waals surface area contributed by atoms with Gasteiger partial charge in [-0.15, -0.1) is 0 Å². The van der Waals surface area contributed by atoms with E-state index in [1.54, 1.807) is 7.11 Å². The van der Waals surface area contributed by atoms with Crippen LogP contribution >= 0.6 is 0 Å². The van der Waals surface area contributed by atoms with Gasteiger partial charge in [0.05, 0.1) is 25.9 Å². The molecule has 6 heteroatoms. The van der Waals surface area contributed by atoms with E-state index in [4.69, 9.17) is 9.47 Å². The molecule has 0 aliphatic carbocycles. The highest BCUT2D eigenvalue weighted by molar-refractivity contribution is 5.47. The number of anilines is 1. The zero-order valence-electron chi connectivity index (χ0n) is 13.3. The minimum atomic E-state index is -0.392. The van der Waals surface area contributed by atoms with Gasteiger partial charge in [0, 0.05) is 12.6 Å². The van der Waals surface area contributed by atoms with E-state index in [-0.39, 0.29) is 6.04 Å². The number of aliphatic hydroxyl groups excluding tert-OH is 1. The first-order valence-electron chi connectivity index (χ1n) is 7.74. The summed E-state index contributed by atoms with van der Waals surface area (Å²) in [6.45, 7) is 3.00. The number of hydrogen-bond donors (Lipinski definition) is 1. The molecule has 1 aromatic carbocycles. The normalized spacial score (nSPS) is 20.6. The summed E-state index contributed by atoms with van der Waals surface area (Å²) in [7, 11) is 1.65. The maximum Gasteiger partial charge on any atom is 0.218 e. The van der Waals surface area contributed by atoms with E-state index in [1.165, 1.54) is 6.33 Å².